The number of hydrogen-bond acceptors (Lipinski definition) is 8. The molecule has 3 aliphatic rings. The van der Waals surface area contributed by atoms with E-state index < -0.39 is 42.2 Å². The molecule has 0 radical (unpaired) electrons. The number of aromatic nitrogens is 1. The monoisotopic (exact) mass is 384 g/mol. The number of fused-ring (bicyclic) bond motifs is 3. The number of amides is 1. The number of rotatable bonds is 3. The van der Waals surface area contributed by atoms with E-state index in [0.717, 1.165) is 5.01 Å². The first-order valence-electron chi connectivity index (χ1n) is 8.68. The van der Waals surface area contributed by atoms with Crippen LogP contribution in [-0.2, 0) is 28.5 Å². The molecule has 3 saturated heterocycles. The molecule has 1 amide bonds. The first-order chi connectivity index (χ1) is 12.2. The normalized spacial score (nSPS) is 38.4. The highest BCUT2D eigenvalue weighted by atomic mass is 32.1. The summed E-state index contributed by atoms with van der Waals surface area (Å²) < 4.78 is 30.4. The summed E-state index contributed by atoms with van der Waals surface area (Å²) >= 11 is 1.45. The van der Waals surface area contributed by atoms with Crippen LogP contribution in [0.3, 0.4) is 0 Å². The molecule has 4 heterocycles. The van der Waals surface area contributed by atoms with Crippen molar-refractivity contribution in [3.05, 3.63) is 16.6 Å². The van der Waals surface area contributed by atoms with Gasteiger partial charge in [-0.3, -0.25) is 4.79 Å². The Morgan fingerprint density at radius 1 is 1.12 bits per heavy atom. The molecule has 9 heteroatoms. The van der Waals surface area contributed by atoms with Gasteiger partial charge >= 0.3 is 0 Å². The lowest BCUT2D eigenvalue weighted by Crippen LogP contribution is -2.58. The van der Waals surface area contributed by atoms with Gasteiger partial charge < -0.3 is 29.0 Å². The second-order valence-electron chi connectivity index (χ2n) is 7.68. The van der Waals surface area contributed by atoms with Crippen molar-refractivity contribution in [2.75, 3.05) is 0 Å². The van der Waals surface area contributed by atoms with Gasteiger partial charge in [-0.2, -0.15) is 0 Å². The number of nitrogens with one attached hydrogen (secondary N) is 1. The highest BCUT2D eigenvalue weighted by Gasteiger charge is 2.62. The van der Waals surface area contributed by atoms with Crippen LogP contribution in [0, 0.1) is 0 Å². The van der Waals surface area contributed by atoms with Gasteiger partial charge in [0.2, 0.25) is 5.91 Å². The van der Waals surface area contributed by atoms with Crippen molar-refractivity contribution in [1.29, 1.82) is 0 Å². The van der Waals surface area contributed by atoms with Crippen molar-refractivity contribution in [3.8, 4) is 0 Å². The van der Waals surface area contributed by atoms with Crippen molar-refractivity contribution in [2.24, 2.45) is 0 Å². The highest BCUT2D eigenvalue weighted by Crippen LogP contribution is 2.46. The summed E-state index contributed by atoms with van der Waals surface area (Å²) in [6, 6.07) is -0.467. The van der Waals surface area contributed by atoms with Gasteiger partial charge in [0.15, 0.2) is 17.9 Å². The molecule has 6 atom stereocenters. The van der Waals surface area contributed by atoms with Crippen molar-refractivity contribution in [3.63, 3.8) is 0 Å². The first kappa shape index (κ1) is 18.3. The van der Waals surface area contributed by atoms with Crippen LogP contribution in [0.4, 0.5) is 0 Å². The second kappa shape index (κ2) is 6.22. The number of carbonyl (C=O) groups is 1. The minimum atomic E-state index is -0.786. The topological polar surface area (TPSA) is 88.1 Å². The van der Waals surface area contributed by atoms with Crippen LogP contribution < -0.4 is 5.32 Å². The van der Waals surface area contributed by atoms with Gasteiger partial charge in [-0.25, -0.2) is 4.98 Å². The van der Waals surface area contributed by atoms with Crippen molar-refractivity contribution in [2.45, 2.75) is 82.9 Å². The zero-order valence-electron chi connectivity index (χ0n) is 15.4. The average molecular weight is 384 g/mol. The third-order valence-corrected chi connectivity index (χ3v) is 5.45. The molecular weight excluding hydrogens is 360 g/mol. The Morgan fingerprint density at radius 3 is 2.42 bits per heavy atom. The van der Waals surface area contributed by atoms with Crippen LogP contribution in [0.15, 0.2) is 11.6 Å². The second-order valence-corrected chi connectivity index (χ2v) is 8.61. The van der Waals surface area contributed by atoms with Gasteiger partial charge in [0.25, 0.3) is 0 Å². The molecule has 1 aromatic heterocycles. The van der Waals surface area contributed by atoms with Gasteiger partial charge in [-0.1, -0.05) is 0 Å². The average Bonchev–Trinajstić information content (AvgIpc) is 3.19. The molecule has 1 N–H and O–H groups in total. The number of nitrogens with zero attached hydrogens (tertiary/aromatic N) is 1. The minimum Gasteiger partial charge on any atom is -0.344 e. The Kier molecular flexibility index (Phi) is 4.37. The van der Waals surface area contributed by atoms with E-state index in [1.807, 2.05) is 33.1 Å². The lowest BCUT2D eigenvalue weighted by molar-refractivity contribution is -0.240. The minimum absolute atomic E-state index is 0.172. The fraction of sp³-hybridized carbons (Fsp3) is 0.765. The Balaban J connectivity index is 1.69. The first-order valence-corrected chi connectivity index (χ1v) is 9.56. The zero-order valence-corrected chi connectivity index (χ0v) is 16.2. The molecule has 0 bridgehead atoms. The van der Waals surface area contributed by atoms with Crippen LogP contribution in [-0.4, -0.2) is 53.2 Å². The SMILES string of the molecule is CC(=O)NC(c1nccs1)C1OC2OC(C)(C)OC2C2OC(C)(C)OC12. The maximum absolute atomic E-state index is 11.8. The lowest BCUT2D eigenvalue weighted by Gasteiger charge is -2.40. The third kappa shape index (κ3) is 3.28. The summed E-state index contributed by atoms with van der Waals surface area (Å²) in [5.41, 5.74) is 0. The van der Waals surface area contributed by atoms with Gasteiger partial charge in [0.1, 0.15) is 35.5 Å². The van der Waals surface area contributed by atoms with Crippen molar-refractivity contribution < 1.29 is 28.5 Å². The standard InChI is InChI=1S/C17H24N2O6S/c1-8(20)19-9(14-18-6-7-26-14)10-11-12(23-16(2,3)22-11)13-15(21-10)25-17(4,5)24-13/h6-7,9-13,15H,1-5H3,(H,19,20). The summed E-state index contributed by atoms with van der Waals surface area (Å²) in [6.07, 6.45) is -0.620. The van der Waals surface area contributed by atoms with E-state index in [4.69, 9.17) is 23.7 Å². The summed E-state index contributed by atoms with van der Waals surface area (Å²) in [5.74, 6) is -1.74. The predicted octanol–water partition coefficient (Wildman–Crippen LogP) is 1.72. The van der Waals surface area contributed by atoms with Crippen LogP contribution in [0.1, 0.15) is 45.7 Å². The van der Waals surface area contributed by atoms with E-state index in [9.17, 15) is 4.79 Å². The Bertz CT molecular complexity index is 679. The number of ether oxygens (including phenoxy) is 5. The predicted molar refractivity (Wildman–Crippen MR) is 91.2 cm³/mol. The molecule has 0 spiro atoms. The van der Waals surface area contributed by atoms with E-state index in [1.165, 1.54) is 18.3 Å². The number of thiazole rings is 1. The molecule has 1 aromatic rings. The fourth-order valence-corrected chi connectivity index (χ4v) is 4.52. The van der Waals surface area contributed by atoms with E-state index in [0.29, 0.717) is 0 Å². The third-order valence-electron chi connectivity index (χ3n) is 4.60. The molecule has 0 saturated carbocycles. The van der Waals surface area contributed by atoms with Crippen LogP contribution in [0.25, 0.3) is 0 Å². The van der Waals surface area contributed by atoms with Crippen molar-refractivity contribution >= 4 is 17.2 Å². The smallest absolute Gasteiger partial charge is 0.217 e. The van der Waals surface area contributed by atoms with Gasteiger partial charge in [0.05, 0.1) is 0 Å². The van der Waals surface area contributed by atoms with Gasteiger partial charge in [-0.15, -0.1) is 11.3 Å². The Hall–Kier alpha value is -1.10. The molecule has 8 nitrogen and oxygen atoms in total. The summed E-state index contributed by atoms with van der Waals surface area (Å²) in [5, 5.41) is 5.55. The van der Waals surface area contributed by atoms with E-state index in [2.05, 4.69) is 10.3 Å². The molecule has 26 heavy (non-hydrogen) atoms. The molecule has 6 unspecified atom stereocenters. The number of hydrogen-bond donors (Lipinski definition) is 1. The summed E-state index contributed by atoms with van der Waals surface area (Å²) in [7, 11) is 0. The largest absolute Gasteiger partial charge is 0.344 e. The van der Waals surface area contributed by atoms with Crippen LogP contribution >= 0.6 is 11.3 Å². The summed E-state index contributed by atoms with van der Waals surface area (Å²) in [4.78, 5) is 16.2. The van der Waals surface area contributed by atoms with Crippen LogP contribution in [0.2, 0.25) is 0 Å². The highest BCUT2D eigenvalue weighted by molar-refractivity contribution is 7.09. The Morgan fingerprint density at radius 2 is 1.77 bits per heavy atom. The summed E-state index contributed by atoms with van der Waals surface area (Å²) in [6.45, 7) is 8.86. The molecular formula is C17H24N2O6S. The lowest BCUT2D eigenvalue weighted by atomic mass is 9.94. The van der Waals surface area contributed by atoms with Gasteiger partial charge in [-0.05, 0) is 27.7 Å². The van der Waals surface area contributed by atoms with Crippen LogP contribution in [0.5, 0.6) is 0 Å². The Labute approximate surface area is 156 Å². The van der Waals surface area contributed by atoms with Gasteiger partial charge in [0, 0.05) is 18.5 Å². The maximum atomic E-state index is 11.8. The zero-order chi connectivity index (χ0) is 18.7. The van der Waals surface area contributed by atoms with Crippen molar-refractivity contribution in [1.82, 2.24) is 10.3 Å². The maximum Gasteiger partial charge on any atom is 0.217 e. The molecule has 4 rings (SSSR count). The fourth-order valence-electron chi connectivity index (χ4n) is 3.80. The molecule has 144 valence electrons. The van der Waals surface area contributed by atoms with E-state index in [1.54, 1.807) is 6.20 Å². The van der Waals surface area contributed by atoms with E-state index in [-0.39, 0.29) is 12.0 Å². The molecule has 3 fully saturated rings. The molecule has 0 aromatic carbocycles. The molecule has 3 aliphatic heterocycles. The number of carbonyl (C=O) groups excluding carboxylic acids is 1. The van der Waals surface area contributed by atoms with E-state index >= 15 is 0 Å². The quantitative estimate of drug-likeness (QED) is 0.849. The molecule has 0 aliphatic carbocycles.